The summed E-state index contributed by atoms with van der Waals surface area (Å²) in [6, 6.07) is 4.22. The summed E-state index contributed by atoms with van der Waals surface area (Å²) in [7, 11) is 0. The van der Waals surface area contributed by atoms with Crippen molar-refractivity contribution in [3.05, 3.63) is 64.2 Å². The van der Waals surface area contributed by atoms with Gasteiger partial charge in [-0.2, -0.15) is 13.2 Å². The van der Waals surface area contributed by atoms with E-state index in [9.17, 15) is 36.3 Å². The van der Waals surface area contributed by atoms with Gasteiger partial charge in [-0.05, 0) is 42.8 Å². The third-order valence-corrected chi connectivity index (χ3v) is 4.87. The number of hydrogen-bond donors (Lipinski definition) is 2. The number of carbonyl (C=O) groups is 3. The monoisotopic (exact) mass is 461 g/mol. The minimum atomic E-state index is -4.82. The number of carbonyl (C=O) groups excluding carboxylic acids is 3. The van der Waals surface area contributed by atoms with Crippen LogP contribution in [0, 0.1) is 11.6 Å². The lowest BCUT2D eigenvalue weighted by atomic mass is 9.92. The van der Waals surface area contributed by atoms with Crippen LogP contribution in [0.4, 0.5) is 32.4 Å². The largest absolute Gasteiger partial charge is 0.418 e. The second kappa shape index (κ2) is 7.80. The van der Waals surface area contributed by atoms with E-state index in [0.717, 1.165) is 30.3 Å². The van der Waals surface area contributed by atoms with Crippen molar-refractivity contribution in [3.8, 4) is 0 Å². The van der Waals surface area contributed by atoms with Crippen LogP contribution in [0.3, 0.4) is 0 Å². The number of nitrogens with one attached hydrogen (secondary N) is 2. The molecule has 164 valence electrons. The van der Waals surface area contributed by atoms with Crippen LogP contribution in [0.25, 0.3) is 0 Å². The molecule has 1 fully saturated rings. The number of halogens is 6. The number of benzene rings is 2. The number of rotatable bonds is 4. The summed E-state index contributed by atoms with van der Waals surface area (Å²) in [5, 5.41) is 4.06. The Morgan fingerprint density at radius 1 is 1.13 bits per heavy atom. The molecule has 1 heterocycles. The van der Waals surface area contributed by atoms with Crippen LogP contribution in [0.5, 0.6) is 0 Å². The SMILES string of the molecule is CC1(c2ccc(F)c(F)c2)NC(=O)N(CC(=O)Nc2ccc(Cl)cc2C(F)(F)F)C1=O. The van der Waals surface area contributed by atoms with Gasteiger partial charge in [-0.25, -0.2) is 13.6 Å². The molecule has 0 aliphatic carbocycles. The Bertz CT molecular complexity index is 1090. The highest BCUT2D eigenvalue weighted by molar-refractivity contribution is 6.30. The Morgan fingerprint density at radius 2 is 1.81 bits per heavy atom. The van der Waals surface area contributed by atoms with E-state index < -0.39 is 59.0 Å². The molecule has 0 radical (unpaired) electrons. The predicted molar refractivity (Wildman–Crippen MR) is 99.0 cm³/mol. The van der Waals surface area contributed by atoms with Crippen LogP contribution < -0.4 is 10.6 Å². The van der Waals surface area contributed by atoms with E-state index in [1.165, 1.54) is 6.92 Å². The lowest BCUT2D eigenvalue weighted by Crippen LogP contribution is -2.42. The van der Waals surface area contributed by atoms with Gasteiger partial charge in [0.05, 0.1) is 11.3 Å². The highest BCUT2D eigenvalue weighted by Gasteiger charge is 2.49. The Morgan fingerprint density at radius 3 is 2.42 bits per heavy atom. The molecule has 2 aromatic carbocycles. The van der Waals surface area contributed by atoms with Gasteiger partial charge in [0.2, 0.25) is 5.91 Å². The molecule has 1 unspecified atom stereocenters. The van der Waals surface area contributed by atoms with Crippen LogP contribution >= 0.6 is 11.6 Å². The average Bonchev–Trinajstić information content (AvgIpc) is 2.88. The summed E-state index contributed by atoms with van der Waals surface area (Å²) < 4.78 is 66.2. The first kappa shape index (κ1) is 22.5. The van der Waals surface area contributed by atoms with E-state index >= 15 is 0 Å². The van der Waals surface area contributed by atoms with E-state index in [0.29, 0.717) is 11.0 Å². The summed E-state index contributed by atoms with van der Waals surface area (Å²) >= 11 is 5.58. The maximum atomic E-state index is 13.6. The first-order chi connectivity index (χ1) is 14.3. The summed E-state index contributed by atoms with van der Waals surface area (Å²) in [5.74, 6) is -4.47. The highest BCUT2D eigenvalue weighted by atomic mass is 35.5. The minimum absolute atomic E-state index is 0.0790. The van der Waals surface area contributed by atoms with E-state index in [4.69, 9.17) is 11.6 Å². The topological polar surface area (TPSA) is 78.5 Å². The molecule has 31 heavy (non-hydrogen) atoms. The Labute approximate surface area is 177 Å². The zero-order valence-electron chi connectivity index (χ0n) is 15.6. The Kier molecular flexibility index (Phi) is 5.66. The van der Waals surface area contributed by atoms with Crippen LogP contribution in [0.15, 0.2) is 36.4 Å². The molecule has 1 saturated heterocycles. The van der Waals surface area contributed by atoms with Crippen molar-refractivity contribution in [2.24, 2.45) is 0 Å². The van der Waals surface area contributed by atoms with Gasteiger partial charge in [0.1, 0.15) is 12.1 Å². The molecule has 2 aromatic rings. The molecular weight excluding hydrogens is 449 g/mol. The lowest BCUT2D eigenvalue weighted by molar-refractivity contribution is -0.137. The molecule has 0 bridgehead atoms. The number of imide groups is 1. The number of anilines is 1. The molecule has 1 atom stereocenters. The summed E-state index contributed by atoms with van der Waals surface area (Å²) in [6.45, 7) is 0.308. The van der Waals surface area contributed by atoms with Gasteiger partial charge in [0.15, 0.2) is 11.6 Å². The normalized spacial score (nSPS) is 18.9. The van der Waals surface area contributed by atoms with Crippen molar-refractivity contribution in [3.63, 3.8) is 0 Å². The first-order valence-electron chi connectivity index (χ1n) is 8.59. The summed E-state index contributed by atoms with van der Waals surface area (Å²) in [6.07, 6.45) is -4.82. The average molecular weight is 462 g/mol. The van der Waals surface area contributed by atoms with Crippen LogP contribution in [0.2, 0.25) is 5.02 Å². The smallest absolute Gasteiger partial charge is 0.324 e. The third-order valence-electron chi connectivity index (χ3n) is 4.63. The predicted octanol–water partition coefficient (Wildman–Crippen LogP) is 4.04. The van der Waals surface area contributed by atoms with Gasteiger partial charge in [-0.15, -0.1) is 0 Å². The third kappa shape index (κ3) is 4.31. The molecule has 4 amide bonds. The number of nitrogens with zero attached hydrogens (tertiary/aromatic N) is 1. The van der Waals surface area contributed by atoms with Crippen molar-refractivity contribution in [1.29, 1.82) is 0 Å². The number of urea groups is 1. The minimum Gasteiger partial charge on any atom is -0.324 e. The lowest BCUT2D eigenvalue weighted by Gasteiger charge is -2.22. The highest BCUT2D eigenvalue weighted by Crippen LogP contribution is 2.36. The number of amides is 4. The van der Waals surface area contributed by atoms with Crippen LogP contribution in [-0.4, -0.2) is 29.3 Å². The second-order valence-corrected chi connectivity index (χ2v) is 7.25. The van der Waals surface area contributed by atoms with Crippen LogP contribution in [-0.2, 0) is 21.3 Å². The standard InChI is InChI=1S/C19H13ClF5N3O3/c1-18(9-2-4-12(21)13(22)6-9)16(30)28(17(31)27-18)8-15(29)26-14-5-3-10(20)7-11(14)19(23,24)25/h2-7H,8H2,1H3,(H,26,29)(H,27,31). The van der Waals surface area contributed by atoms with E-state index in [2.05, 4.69) is 5.32 Å². The molecule has 1 aliphatic rings. The molecule has 12 heteroatoms. The number of alkyl halides is 3. The maximum Gasteiger partial charge on any atom is 0.418 e. The fraction of sp³-hybridized carbons (Fsp3) is 0.211. The molecule has 1 aliphatic heterocycles. The van der Waals surface area contributed by atoms with Crippen molar-refractivity contribution in [1.82, 2.24) is 10.2 Å². The van der Waals surface area contributed by atoms with E-state index in [-0.39, 0.29) is 10.6 Å². The maximum absolute atomic E-state index is 13.6. The van der Waals surface area contributed by atoms with Gasteiger partial charge in [0.25, 0.3) is 5.91 Å². The molecule has 6 nitrogen and oxygen atoms in total. The summed E-state index contributed by atoms with van der Waals surface area (Å²) in [4.78, 5) is 37.7. The van der Waals surface area contributed by atoms with E-state index in [1.807, 2.05) is 5.32 Å². The fourth-order valence-electron chi connectivity index (χ4n) is 3.04. The van der Waals surface area contributed by atoms with Gasteiger partial charge in [-0.1, -0.05) is 17.7 Å². The Hall–Kier alpha value is -3.21. The van der Waals surface area contributed by atoms with Gasteiger partial charge in [-0.3, -0.25) is 14.5 Å². The van der Waals surface area contributed by atoms with Gasteiger partial charge in [0, 0.05) is 5.02 Å². The van der Waals surface area contributed by atoms with Crippen molar-refractivity contribution in [2.45, 2.75) is 18.6 Å². The molecule has 2 N–H and O–H groups in total. The molecule has 0 spiro atoms. The molecule has 0 saturated carbocycles. The zero-order chi connectivity index (χ0) is 23.1. The van der Waals surface area contributed by atoms with Crippen molar-refractivity contribution >= 4 is 35.1 Å². The first-order valence-corrected chi connectivity index (χ1v) is 8.97. The van der Waals surface area contributed by atoms with Gasteiger partial charge >= 0.3 is 12.2 Å². The van der Waals surface area contributed by atoms with Crippen molar-refractivity contribution < 1.29 is 36.3 Å². The molecule has 3 rings (SSSR count). The molecular formula is C19H13ClF5N3O3. The van der Waals surface area contributed by atoms with Crippen molar-refractivity contribution in [2.75, 3.05) is 11.9 Å². The summed E-state index contributed by atoms with van der Waals surface area (Å²) in [5.41, 5.74) is -3.71. The van der Waals surface area contributed by atoms with E-state index in [1.54, 1.807) is 0 Å². The number of hydrogen-bond acceptors (Lipinski definition) is 3. The van der Waals surface area contributed by atoms with Gasteiger partial charge < -0.3 is 10.6 Å². The second-order valence-electron chi connectivity index (χ2n) is 6.81. The fourth-order valence-corrected chi connectivity index (χ4v) is 3.21. The Balaban J connectivity index is 1.81. The zero-order valence-corrected chi connectivity index (χ0v) is 16.4. The quantitative estimate of drug-likeness (QED) is 0.533. The van der Waals surface area contributed by atoms with Crippen LogP contribution in [0.1, 0.15) is 18.1 Å². The molecule has 0 aromatic heterocycles.